The minimum atomic E-state index is -3.64. The molecule has 0 spiro atoms. The predicted octanol–water partition coefficient (Wildman–Crippen LogP) is 1.65. The number of esters is 1. The number of benzene rings is 1. The van der Waals surface area contributed by atoms with Crippen LogP contribution in [0.1, 0.15) is 41.6 Å². The Morgan fingerprint density at radius 1 is 1.23 bits per heavy atom. The summed E-state index contributed by atoms with van der Waals surface area (Å²) in [5, 5.41) is 6.33. The molecule has 1 heterocycles. The molecule has 11 heteroatoms. The van der Waals surface area contributed by atoms with E-state index in [1.165, 1.54) is 24.3 Å². The van der Waals surface area contributed by atoms with Crippen molar-refractivity contribution in [2.24, 2.45) is 0 Å². The highest BCUT2D eigenvalue weighted by Gasteiger charge is 2.21. The van der Waals surface area contributed by atoms with Crippen molar-refractivity contribution in [3.8, 4) is 0 Å². The van der Waals surface area contributed by atoms with Gasteiger partial charge in [0.05, 0.1) is 11.5 Å². The maximum atomic E-state index is 12.3. The molecule has 140 valence electrons. The van der Waals surface area contributed by atoms with Gasteiger partial charge in [-0.15, -0.1) is 5.10 Å². The van der Waals surface area contributed by atoms with E-state index in [0.29, 0.717) is 0 Å². The fourth-order valence-electron chi connectivity index (χ4n) is 1.94. The van der Waals surface area contributed by atoms with Crippen LogP contribution < -0.4 is 10.0 Å². The van der Waals surface area contributed by atoms with Crippen LogP contribution in [0.4, 0.5) is 5.00 Å². The Bertz CT molecular complexity index is 891. The van der Waals surface area contributed by atoms with Crippen LogP contribution in [0.25, 0.3) is 0 Å². The first-order chi connectivity index (χ1) is 12.2. The Morgan fingerprint density at radius 2 is 1.88 bits per heavy atom. The molecule has 0 unspecified atom stereocenters. The minimum absolute atomic E-state index is 0.0504. The number of hydrogen-bond donors (Lipinski definition) is 2. The fourth-order valence-corrected chi connectivity index (χ4v) is 3.75. The second-order valence-electron chi connectivity index (χ2n) is 5.43. The lowest BCUT2D eigenvalue weighted by molar-refractivity contribution is 0.0520. The van der Waals surface area contributed by atoms with Crippen LogP contribution in [0.2, 0.25) is 0 Å². The zero-order chi connectivity index (χ0) is 19.3. The summed E-state index contributed by atoms with van der Waals surface area (Å²) in [5.74, 6) is -1.21. The van der Waals surface area contributed by atoms with E-state index in [2.05, 4.69) is 19.6 Å². The summed E-state index contributed by atoms with van der Waals surface area (Å²) in [7, 11) is -3.64. The van der Waals surface area contributed by atoms with E-state index in [1.54, 1.807) is 20.8 Å². The molecule has 1 aromatic heterocycles. The fraction of sp³-hybridized carbons (Fsp3) is 0.333. The highest BCUT2D eigenvalue weighted by atomic mass is 32.2. The lowest BCUT2D eigenvalue weighted by Crippen LogP contribution is -2.30. The van der Waals surface area contributed by atoms with Gasteiger partial charge in [-0.05, 0) is 45.0 Å². The number of sulfonamides is 1. The van der Waals surface area contributed by atoms with Crippen LogP contribution in [-0.4, -0.2) is 42.5 Å². The molecule has 26 heavy (non-hydrogen) atoms. The van der Waals surface area contributed by atoms with E-state index in [9.17, 15) is 18.0 Å². The largest absolute Gasteiger partial charge is 0.461 e. The Balaban J connectivity index is 2.15. The van der Waals surface area contributed by atoms with Crippen LogP contribution in [0.3, 0.4) is 0 Å². The zero-order valence-corrected chi connectivity index (χ0v) is 16.0. The Hall–Kier alpha value is -2.37. The van der Waals surface area contributed by atoms with E-state index >= 15 is 0 Å². The Labute approximate surface area is 155 Å². The lowest BCUT2D eigenvalue weighted by Gasteiger charge is -2.10. The zero-order valence-electron chi connectivity index (χ0n) is 14.3. The van der Waals surface area contributed by atoms with Crippen molar-refractivity contribution in [1.82, 2.24) is 14.3 Å². The molecular weight excluding hydrogens is 380 g/mol. The smallest absolute Gasteiger partial charge is 0.362 e. The molecule has 0 aliphatic heterocycles. The van der Waals surface area contributed by atoms with Crippen LogP contribution in [0, 0.1) is 0 Å². The second kappa shape index (κ2) is 8.34. The third-order valence-corrected chi connectivity index (χ3v) is 5.32. The average molecular weight is 398 g/mol. The topological polar surface area (TPSA) is 127 Å². The molecule has 0 fully saturated rings. The molecule has 0 atom stereocenters. The number of hydrogen-bond acceptors (Lipinski definition) is 8. The van der Waals surface area contributed by atoms with Crippen molar-refractivity contribution in [1.29, 1.82) is 0 Å². The van der Waals surface area contributed by atoms with Crippen molar-refractivity contribution in [3.05, 3.63) is 35.5 Å². The molecule has 2 N–H and O–H groups in total. The second-order valence-corrected chi connectivity index (χ2v) is 7.89. The number of amides is 1. The van der Waals surface area contributed by atoms with E-state index in [1.807, 2.05) is 0 Å². The number of carbonyl (C=O) groups excluding carboxylic acids is 2. The highest BCUT2D eigenvalue weighted by molar-refractivity contribution is 7.89. The number of anilines is 1. The van der Waals surface area contributed by atoms with Gasteiger partial charge in [0.15, 0.2) is 5.00 Å². The summed E-state index contributed by atoms with van der Waals surface area (Å²) in [6.07, 6.45) is 0. The third-order valence-electron chi connectivity index (χ3n) is 3.00. The number of rotatable bonds is 7. The first-order valence-corrected chi connectivity index (χ1v) is 9.93. The van der Waals surface area contributed by atoms with Crippen LogP contribution in [-0.2, 0) is 14.8 Å². The van der Waals surface area contributed by atoms with Gasteiger partial charge in [-0.1, -0.05) is 4.49 Å². The highest BCUT2D eigenvalue weighted by Crippen LogP contribution is 2.20. The van der Waals surface area contributed by atoms with Crippen molar-refractivity contribution in [2.75, 3.05) is 11.9 Å². The van der Waals surface area contributed by atoms with Gasteiger partial charge in [0.1, 0.15) is 0 Å². The number of nitrogens with one attached hydrogen (secondary N) is 2. The van der Waals surface area contributed by atoms with E-state index in [4.69, 9.17) is 4.74 Å². The Morgan fingerprint density at radius 3 is 2.46 bits per heavy atom. The van der Waals surface area contributed by atoms with E-state index in [0.717, 1.165) is 11.5 Å². The molecule has 0 radical (unpaired) electrons. The van der Waals surface area contributed by atoms with Gasteiger partial charge in [0.2, 0.25) is 15.7 Å². The number of nitrogens with zero attached hydrogens (tertiary/aromatic N) is 2. The molecule has 9 nitrogen and oxygen atoms in total. The molecule has 0 aliphatic rings. The molecule has 2 rings (SSSR count). The maximum absolute atomic E-state index is 12.3. The first kappa shape index (κ1) is 19.9. The molecule has 0 aliphatic carbocycles. The molecule has 0 saturated heterocycles. The Kier molecular flexibility index (Phi) is 6.40. The van der Waals surface area contributed by atoms with Gasteiger partial charge < -0.3 is 10.1 Å². The van der Waals surface area contributed by atoms with Gasteiger partial charge in [-0.25, -0.2) is 17.9 Å². The average Bonchev–Trinajstić information content (AvgIpc) is 3.02. The molecular formula is C15H18N4O5S2. The third kappa shape index (κ3) is 4.84. The van der Waals surface area contributed by atoms with E-state index in [-0.39, 0.29) is 33.8 Å². The molecule has 0 bridgehead atoms. The summed E-state index contributed by atoms with van der Waals surface area (Å²) in [6.45, 7) is 5.25. The number of carbonyl (C=O) groups is 2. The first-order valence-electron chi connectivity index (χ1n) is 7.67. The molecule has 1 aromatic carbocycles. The normalized spacial score (nSPS) is 11.4. The van der Waals surface area contributed by atoms with Gasteiger partial charge >= 0.3 is 5.97 Å². The molecule has 0 saturated carbocycles. The summed E-state index contributed by atoms with van der Waals surface area (Å²) >= 11 is 0.841. The van der Waals surface area contributed by atoms with Gasteiger partial charge in [-0.3, -0.25) is 4.79 Å². The number of ether oxygens (including phenoxy) is 1. The summed E-state index contributed by atoms with van der Waals surface area (Å²) < 4.78 is 35.1. The monoisotopic (exact) mass is 398 g/mol. The molecule has 2 aromatic rings. The number of aromatic nitrogens is 2. The van der Waals surface area contributed by atoms with Crippen LogP contribution >= 0.6 is 11.5 Å². The minimum Gasteiger partial charge on any atom is -0.461 e. The van der Waals surface area contributed by atoms with Crippen LogP contribution in [0.5, 0.6) is 0 Å². The summed E-state index contributed by atoms with van der Waals surface area (Å²) in [4.78, 5) is 24.1. The molecule has 1 amide bonds. The maximum Gasteiger partial charge on any atom is 0.362 e. The van der Waals surface area contributed by atoms with Gasteiger partial charge in [-0.2, -0.15) is 0 Å². The predicted molar refractivity (Wildman–Crippen MR) is 95.7 cm³/mol. The summed E-state index contributed by atoms with van der Waals surface area (Å²) in [5.41, 5.74) is 0.141. The summed E-state index contributed by atoms with van der Waals surface area (Å²) in [6, 6.07) is 5.17. The quantitative estimate of drug-likeness (QED) is 0.679. The van der Waals surface area contributed by atoms with Crippen molar-refractivity contribution < 1.29 is 22.7 Å². The van der Waals surface area contributed by atoms with Crippen molar-refractivity contribution in [3.63, 3.8) is 0 Å². The van der Waals surface area contributed by atoms with Crippen LogP contribution in [0.15, 0.2) is 29.2 Å². The van der Waals surface area contributed by atoms with Crippen molar-refractivity contribution >= 4 is 38.4 Å². The van der Waals surface area contributed by atoms with Crippen molar-refractivity contribution in [2.45, 2.75) is 31.7 Å². The van der Waals surface area contributed by atoms with E-state index < -0.39 is 21.9 Å². The SMILES string of the molecule is CCOC(=O)c1nnsc1NC(=O)c1ccc(S(=O)(=O)NC(C)C)cc1. The van der Waals surface area contributed by atoms with Gasteiger partial charge in [0.25, 0.3) is 5.91 Å². The van der Waals surface area contributed by atoms with Gasteiger partial charge in [0, 0.05) is 23.1 Å². The standard InChI is InChI=1S/C15H18N4O5S2/c1-4-24-15(21)12-14(25-19-17-12)16-13(20)10-5-7-11(8-6-10)26(22,23)18-9(2)3/h5-9,18H,4H2,1-3H3,(H,16,20). The lowest BCUT2D eigenvalue weighted by atomic mass is 10.2.